The van der Waals surface area contributed by atoms with E-state index in [9.17, 15) is 9.90 Å². The molecule has 202 valence electrons. The first-order valence-electron chi connectivity index (χ1n) is 13.6. The van der Waals surface area contributed by atoms with Crippen LogP contribution in [-0.4, -0.2) is 63.0 Å². The molecular weight excluding hydrogens is 494 g/mol. The number of fused-ring (bicyclic) bond motifs is 2. The number of phenols is 1. The van der Waals surface area contributed by atoms with Gasteiger partial charge in [-0.05, 0) is 62.8 Å². The van der Waals surface area contributed by atoms with Gasteiger partial charge in [-0.2, -0.15) is 0 Å². The summed E-state index contributed by atoms with van der Waals surface area (Å²) in [5.41, 5.74) is 10.5. The first-order chi connectivity index (χ1) is 19.0. The molecule has 6 rings (SSSR count). The highest BCUT2D eigenvalue weighted by Gasteiger charge is 2.42. The van der Waals surface area contributed by atoms with Gasteiger partial charge in [-0.1, -0.05) is 18.2 Å². The normalized spacial score (nSPS) is 22.5. The molecule has 2 aliphatic heterocycles. The van der Waals surface area contributed by atoms with Crippen LogP contribution in [0.15, 0.2) is 48.8 Å². The van der Waals surface area contributed by atoms with Gasteiger partial charge in [0.15, 0.2) is 5.82 Å². The lowest BCUT2D eigenvalue weighted by molar-refractivity contribution is -0.148. The number of allylic oxidation sites excluding steroid dienone is 2. The molecule has 3 unspecified atom stereocenters. The van der Waals surface area contributed by atoms with E-state index in [1.165, 1.54) is 5.57 Å². The predicted octanol–water partition coefficient (Wildman–Crippen LogP) is 3.83. The van der Waals surface area contributed by atoms with Gasteiger partial charge >= 0.3 is 5.97 Å². The number of aromatic hydroxyl groups is 1. The molecule has 2 fully saturated rings. The van der Waals surface area contributed by atoms with Gasteiger partial charge in [-0.25, -0.2) is 9.97 Å². The summed E-state index contributed by atoms with van der Waals surface area (Å²) in [6, 6.07) is 9.55. The van der Waals surface area contributed by atoms with E-state index < -0.39 is 0 Å². The minimum Gasteiger partial charge on any atom is -0.507 e. The fraction of sp³-hybridized carbons (Fsp3) is 0.414. The molecule has 10 nitrogen and oxygen atoms in total. The molecule has 3 N–H and O–H groups in total. The Labute approximate surface area is 227 Å². The Balaban J connectivity index is 1.16. The second kappa shape index (κ2) is 10.5. The van der Waals surface area contributed by atoms with Gasteiger partial charge in [-0.15, -0.1) is 10.2 Å². The van der Waals surface area contributed by atoms with E-state index >= 15 is 0 Å². The lowest BCUT2D eigenvalue weighted by atomic mass is 9.87. The number of para-hydroxylation sites is 1. The number of carbonyl (C=O) groups excluding carboxylic acids is 1. The molecule has 4 heterocycles. The lowest BCUT2D eigenvalue weighted by Gasteiger charge is -2.42. The Kier molecular flexibility index (Phi) is 6.76. The first-order valence-corrected chi connectivity index (χ1v) is 13.6. The third-order valence-corrected chi connectivity index (χ3v) is 8.07. The minimum atomic E-state index is -0.104. The molecule has 39 heavy (non-hydrogen) atoms. The van der Waals surface area contributed by atoms with Gasteiger partial charge in [0.1, 0.15) is 5.75 Å². The second-order valence-electron chi connectivity index (χ2n) is 10.4. The van der Waals surface area contributed by atoms with Gasteiger partial charge in [0.2, 0.25) is 5.95 Å². The van der Waals surface area contributed by atoms with E-state index in [4.69, 9.17) is 20.4 Å². The molecule has 3 atom stereocenters. The number of anilines is 3. The Morgan fingerprint density at radius 1 is 1.10 bits per heavy atom. The second-order valence-corrected chi connectivity index (χ2v) is 10.4. The topological polar surface area (TPSA) is 131 Å². The van der Waals surface area contributed by atoms with Crippen LogP contribution in [0.1, 0.15) is 44.6 Å². The van der Waals surface area contributed by atoms with Crippen LogP contribution in [0.4, 0.5) is 17.5 Å². The fourth-order valence-electron chi connectivity index (χ4n) is 6.08. The predicted molar refractivity (Wildman–Crippen MR) is 149 cm³/mol. The van der Waals surface area contributed by atoms with Crippen LogP contribution in [0, 0.1) is 5.92 Å². The summed E-state index contributed by atoms with van der Waals surface area (Å²) < 4.78 is 5.18. The van der Waals surface area contributed by atoms with Crippen molar-refractivity contribution >= 4 is 29.0 Å². The van der Waals surface area contributed by atoms with Crippen LogP contribution in [0.25, 0.3) is 16.8 Å². The van der Waals surface area contributed by atoms with E-state index in [1.54, 1.807) is 12.1 Å². The molecule has 0 radical (unpaired) electrons. The van der Waals surface area contributed by atoms with Gasteiger partial charge in [-0.3, -0.25) is 4.79 Å². The standard InChI is InChI=1S/C29H33N7O3/c1-2-39-28(38)19-9-7-18(8-10-19)20-14-31-29(32-15-20)36-21-11-12-22(36)17-35(16-21)25-13-24(33-34-27(25)30)23-5-3-4-6-26(23)37/h3-7,13-15,19,21-22,37H,2,8-12,16-17H2,1H3,(H2,30,34). The maximum atomic E-state index is 12.0. The monoisotopic (exact) mass is 527 g/mol. The van der Waals surface area contributed by atoms with E-state index in [1.807, 2.05) is 37.5 Å². The van der Waals surface area contributed by atoms with Crippen molar-refractivity contribution in [3.05, 3.63) is 54.4 Å². The van der Waals surface area contributed by atoms with Gasteiger partial charge in [0, 0.05) is 48.7 Å². The number of nitrogen functional groups attached to an aromatic ring is 1. The molecule has 0 saturated carbocycles. The zero-order chi connectivity index (χ0) is 26.9. The van der Waals surface area contributed by atoms with Crippen molar-refractivity contribution < 1.29 is 14.6 Å². The number of piperazine rings is 1. The summed E-state index contributed by atoms with van der Waals surface area (Å²) in [6.45, 7) is 3.81. The summed E-state index contributed by atoms with van der Waals surface area (Å²) in [4.78, 5) is 26.2. The maximum Gasteiger partial charge on any atom is 0.309 e. The number of hydrogen-bond donors (Lipinski definition) is 2. The minimum absolute atomic E-state index is 0.0556. The zero-order valence-corrected chi connectivity index (χ0v) is 22.0. The number of phenolic OH excluding ortho intramolecular Hbond substituents is 1. The Bertz CT molecular complexity index is 1380. The molecule has 0 amide bonds. The molecule has 2 saturated heterocycles. The number of rotatable bonds is 6. The van der Waals surface area contributed by atoms with Crippen molar-refractivity contribution in [2.75, 3.05) is 35.2 Å². The van der Waals surface area contributed by atoms with Crippen molar-refractivity contribution in [2.45, 2.75) is 51.1 Å². The Hall–Kier alpha value is -4.21. The summed E-state index contributed by atoms with van der Waals surface area (Å²) in [6.07, 6.45) is 10.4. The maximum absolute atomic E-state index is 12.0. The number of carbonyl (C=O) groups is 1. The molecule has 2 aromatic heterocycles. The van der Waals surface area contributed by atoms with Crippen LogP contribution in [0.5, 0.6) is 5.75 Å². The van der Waals surface area contributed by atoms with Crippen LogP contribution < -0.4 is 15.5 Å². The van der Waals surface area contributed by atoms with E-state index in [-0.39, 0.29) is 29.7 Å². The number of esters is 1. The smallest absolute Gasteiger partial charge is 0.309 e. The van der Waals surface area contributed by atoms with E-state index in [0.717, 1.165) is 56.0 Å². The average Bonchev–Trinajstić information content (AvgIpc) is 3.23. The number of nitrogens with zero attached hydrogens (tertiary/aromatic N) is 6. The molecular formula is C29H33N7O3. The Morgan fingerprint density at radius 3 is 2.51 bits per heavy atom. The third-order valence-electron chi connectivity index (χ3n) is 8.07. The van der Waals surface area contributed by atoms with Crippen molar-refractivity contribution in [1.29, 1.82) is 0 Å². The zero-order valence-electron chi connectivity index (χ0n) is 22.0. The highest BCUT2D eigenvalue weighted by atomic mass is 16.5. The summed E-state index contributed by atoms with van der Waals surface area (Å²) >= 11 is 0. The molecule has 2 bridgehead atoms. The first kappa shape index (κ1) is 25.1. The van der Waals surface area contributed by atoms with Gasteiger partial charge in [0.05, 0.1) is 23.9 Å². The van der Waals surface area contributed by atoms with Crippen LogP contribution >= 0.6 is 0 Å². The molecule has 3 aliphatic rings. The highest BCUT2D eigenvalue weighted by molar-refractivity contribution is 5.76. The molecule has 0 spiro atoms. The number of nitrogens with two attached hydrogens (primary N) is 1. The van der Waals surface area contributed by atoms with Crippen LogP contribution in [-0.2, 0) is 9.53 Å². The van der Waals surface area contributed by atoms with Crippen LogP contribution in [0.2, 0.25) is 0 Å². The van der Waals surface area contributed by atoms with Crippen molar-refractivity contribution in [3.63, 3.8) is 0 Å². The third kappa shape index (κ3) is 4.86. The molecule has 1 aromatic carbocycles. The van der Waals surface area contributed by atoms with Crippen molar-refractivity contribution in [2.24, 2.45) is 5.92 Å². The number of benzene rings is 1. The van der Waals surface area contributed by atoms with Crippen molar-refractivity contribution in [1.82, 2.24) is 20.2 Å². The molecule has 3 aromatic rings. The number of hydrogen-bond acceptors (Lipinski definition) is 10. The quantitative estimate of drug-likeness (QED) is 0.456. The van der Waals surface area contributed by atoms with Gasteiger partial charge in [0.25, 0.3) is 0 Å². The SMILES string of the molecule is CCOC(=O)C1CC=C(c2cnc(N3C4CCC3CN(c3cc(-c5ccccc5O)nnc3N)C4)nc2)CC1. The van der Waals surface area contributed by atoms with E-state index in [2.05, 4.69) is 26.1 Å². The number of aromatic nitrogens is 4. The van der Waals surface area contributed by atoms with Crippen molar-refractivity contribution in [3.8, 4) is 17.0 Å². The molecule has 10 heteroatoms. The average molecular weight is 528 g/mol. The number of ether oxygens (including phenoxy) is 1. The lowest BCUT2D eigenvalue weighted by Crippen LogP contribution is -2.54. The largest absolute Gasteiger partial charge is 0.507 e. The fourth-order valence-corrected chi connectivity index (χ4v) is 6.08. The molecule has 1 aliphatic carbocycles. The van der Waals surface area contributed by atoms with Gasteiger partial charge < -0.3 is 25.4 Å². The summed E-state index contributed by atoms with van der Waals surface area (Å²) in [5.74, 6) is 1.14. The summed E-state index contributed by atoms with van der Waals surface area (Å²) in [7, 11) is 0. The highest BCUT2D eigenvalue weighted by Crippen LogP contribution is 2.38. The van der Waals surface area contributed by atoms with Crippen LogP contribution in [0.3, 0.4) is 0 Å². The summed E-state index contributed by atoms with van der Waals surface area (Å²) in [5, 5.41) is 18.7. The Morgan fingerprint density at radius 2 is 1.85 bits per heavy atom. The van der Waals surface area contributed by atoms with E-state index in [0.29, 0.717) is 30.1 Å².